The number of benzene rings is 2. The van der Waals surface area contributed by atoms with E-state index < -0.39 is 0 Å². The number of amidine groups is 1. The van der Waals surface area contributed by atoms with Crippen molar-refractivity contribution in [3.8, 4) is 18.1 Å². The van der Waals surface area contributed by atoms with Crippen molar-refractivity contribution in [1.82, 2.24) is 5.32 Å². The SMILES string of the molecule is C#CCOc1ccccc1/C=C1\SC(=Nc2ccc(Cl)cc2)NC1=O. The van der Waals surface area contributed by atoms with Gasteiger partial charge in [-0.15, -0.1) is 6.42 Å². The maximum atomic E-state index is 12.2. The van der Waals surface area contributed by atoms with Gasteiger partial charge in [0, 0.05) is 10.6 Å². The first kappa shape index (κ1) is 17.2. The molecular weight excluding hydrogens is 356 g/mol. The molecule has 0 saturated carbocycles. The second-order valence-electron chi connectivity index (χ2n) is 4.99. The van der Waals surface area contributed by atoms with Crippen molar-refractivity contribution >= 4 is 46.2 Å². The van der Waals surface area contributed by atoms with E-state index in [0.29, 0.717) is 26.5 Å². The van der Waals surface area contributed by atoms with Crippen LogP contribution in [0.15, 0.2) is 58.4 Å². The highest BCUT2D eigenvalue weighted by atomic mass is 35.5. The van der Waals surface area contributed by atoms with Gasteiger partial charge in [0.15, 0.2) is 5.17 Å². The van der Waals surface area contributed by atoms with Crippen LogP contribution in [0.25, 0.3) is 6.08 Å². The number of nitrogens with one attached hydrogen (secondary N) is 1. The Morgan fingerprint density at radius 1 is 1.24 bits per heavy atom. The van der Waals surface area contributed by atoms with Crippen molar-refractivity contribution in [2.75, 3.05) is 6.61 Å². The number of carbonyl (C=O) groups excluding carboxylic acids is 1. The van der Waals surface area contributed by atoms with E-state index in [2.05, 4.69) is 16.2 Å². The van der Waals surface area contributed by atoms with Crippen LogP contribution in [0.5, 0.6) is 5.75 Å². The van der Waals surface area contributed by atoms with Gasteiger partial charge in [0.25, 0.3) is 5.91 Å². The molecule has 124 valence electrons. The first-order valence-corrected chi connectivity index (χ1v) is 8.55. The number of amides is 1. The minimum Gasteiger partial charge on any atom is -0.480 e. The largest absolute Gasteiger partial charge is 0.480 e. The maximum Gasteiger partial charge on any atom is 0.264 e. The molecular formula is C19H13ClN2O2S. The van der Waals surface area contributed by atoms with Crippen LogP contribution in [0.2, 0.25) is 5.02 Å². The van der Waals surface area contributed by atoms with Crippen molar-refractivity contribution in [1.29, 1.82) is 0 Å². The van der Waals surface area contributed by atoms with E-state index in [4.69, 9.17) is 22.8 Å². The minimum absolute atomic E-state index is 0.169. The molecule has 1 N–H and O–H groups in total. The molecule has 0 aliphatic carbocycles. The molecule has 2 aromatic carbocycles. The number of aliphatic imine (C=N–C) groups is 1. The number of thioether (sulfide) groups is 1. The number of halogens is 1. The molecule has 1 fully saturated rings. The standard InChI is InChI=1S/C19H13ClN2O2S/c1-2-11-24-16-6-4-3-5-13(16)12-17-18(23)22-19(25-17)21-15-9-7-14(20)8-10-15/h1,3-10,12H,11H2,(H,21,22,23)/b17-12-. The van der Waals surface area contributed by atoms with Gasteiger partial charge >= 0.3 is 0 Å². The van der Waals surface area contributed by atoms with Crippen LogP contribution in [0.1, 0.15) is 5.56 Å². The number of hydrogen-bond acceptors (Lipinski definition) is 4. The van der Waals surface area contributed by atoms with E-state index in [0.717, 1.165) is 5.56 Å². The van der Waals surface area contributed by atoms with Crippen LogP contribution < -0.4 is 10.1 Å². The van der Waals surface area contributed by atoms with Crippen molar-refractivity contribution in [3.05, 3.63) is 64.0 Å². The number of ether oxygens (including phenoxy) is 1. The lowest BCUT2D eigenvalue weighted by Gasteiger charge is -2.06. The Morgan fingerprint density at radius 3 is 2.76 bits per heavy atom. The van der Waals surface area contributed by atoms with Gasteiger partial charge in [-0.2, -0.15) is 0 Å². The second-order valence-corrected chi connectivity index (χ2v) is 6.46. The molecule has 1 heterocycles. The fraction of sp³-hybridized carbons (Fsp3) is 0.0526. The Balaban J connectivity index is 1.82. The Bertz CT molecular complexity index is 898. The molecule has 0 radical (unpaired) electrons. The van der Waals surface area contributed by atoms with Crippen LogP contribution in [0.4, 0.5) is 5.69 Å². The highest BCUT2D eigenvalue weighted by Gasteiger charge is 2.24. The zero-order chi connectivity index (χ0) is 17.6. The van der Waals surface area contributed by atoms with Crippen LogP contribution in [-0.2, 0) is 4.79 Å². The molecule has 1 amide bonds. The zero-order valence-corrected chi connectivity index (χ0v) is 14.6. The molecule has 3 rings (SSSR count). The summed E-state index contributed by atoms with van der Waals surface area (Å²) in [6.07, 6.45) is 6.99. The van der Waals surface area contributed by atoms with E-state index in [-0.39, 0.29) is 12.5 Å². The Hall–Kier alpha value is -2.68. The van der Waals surface area contributed by atoms with Crippen molar-refractivity contribution in [2.45, 2.75) is 0 Å². The molecule has 4 nitrogen and oxygen atoms in total. The molecule has 6 heteroatoms. The van der Waals surface area contributed by atoms with E-state index in [1.165, 1.54) is 11.8 Å². The quantitative estimate of drug-likeness (QED) is 0.648. The first-order valence-electron chi connectivity index (χ1n) is 7.36. The van der Waals surface area contributed by atoms with Crippen LogP contribution >= 0.6 is 23.4 Å². The number of para-hydroxylation sites is 1. The van der Waals surface area contributed by atoms with Gasteiger partial charge < -0.3 is 10.1 Å². The number of hydrogen-bond donors (Lipinski definition) is 1. The van der Waals surface area contributed by atoms with E-state index >= 15 is 0 Å². The third kappa shape index (κ3) is 4.44. The fourth-order valence-corrected chi connectivity index (χ4v) is 3.06. The average Bonchev–Trinajstić information content (AvgIpc) is 2.95. The third-order valence-corrected chi connectivity index (χ3v) is 4.39. The highest BCUT2D eigenvalue weighted by Crippen LogP contribution is 2.30. The summed E-state index contributed by atoms with van der Waals surface area (Å²) in [4.78, 5) is 17.1. The van der Waals surface area contributed by atoms with Gasteiger partial charge in [-0.3, -0.25) is 4.79 Å². The van der Waals surface area contributed by atoms with Gasteiger partial charge in [-0.1, -0.05) is 35.7 Å². The van der Waals surface area contributed by atoms with Crippen molar-refractivity contribution in [2.24, 2.45) is 4.99 Å². The van der Waals surface area contributed by atoms with Gasteiger partial charge in [0.2, 0.25) is 0 Å². The summed E-state index contributed by atoms with van der Waals surface area (Å²) >= 11 is 7.13. The smallest absolute Gasteiger partial charge is 0.264 e. The predicted octanol–water partition coefficient (Wildman–Crippen LogP) is 4.24. The van der Waals surface area contributed by atoms with Gasteiger partial charge in [-0.25, -0.2) is 4.99 Å². The molecule has 1 aliphatic heterocycles. The van der Waals surface area contributed by atoms with E-state index in [9.17, 15) is 4.79 Å². The number of nitrogens with zero attached hydrogens (tertiary/aromatic N) is 1. The summed E-state index contributed by atoms with van der Waals surface area (Å²) in [6.45, 7) is 0.169. The molecule has 0 spiro atoms. The molecule has 0 unspecified atom stereocenters. The normalized spacial score (nSPS) is 16.7. The maximum absolute atomic E-state index is 12.2. The fourth-order valence-electron chi connectivity index (χ4n) is 2.11. The molecule has 0 aromatic heterocycles. The summed E-state index contributed by atoms with van der Waals surface area (Å²) < 4.78 is 5.50. The van der Waals surface area contributed by atoms with Crippen LogP contribution in [0.3, 0.4) is 0 Å². The van der Waals surface area contributed by atoms with E-state index in [1.54, 1.807) is 30.3 Å². The number of terminal acetylenes is 1. The Kier molecular flexibility index (Phi) is 5.44. The van der Waals surface area contributed by atoms with Crippen molar-refractivity contribution in [3.63, 3.8) is 0 Å². The molecule has 2 aromatic rings. The predicted molar refractivity (Wildman–Crippen MR) is 103 cm³/mol. The van der Waals surface area contributed by atoms with Crippen molar-refractivity contribution < 1.29 is 9.53 Å². The Labute approximate surface area is 154 Å². The lowest BCUT2D eigenvalue weighted by atomic mass is 10.2. The van der Waals surface area contributed by atoms with E-state index in [1.807, 2.05) is 24.3 Å². The van der Waals surface area contributed by atoms with Crippen LogP contribution in [0, 0.1) is 12.3 Å². The summed E-state index contributed by atoms with van der Waals surface area (Å²) in [7, 11) is 0. The summed E-state index contributed by atoms with van der Waals surface area (Å²) in [6, 6.07) is 14.5. The first-order chi connectivity index (χ1) is 12.2. The van der Waals surface area contributed by atoms with Crippen LogP contribution in [-0.4, -0.2) is 17.7 Å². The average molecular weight is 369 g/mol. The number of rotatable bonds is 4. The molecule has 1 aliphatic rings. The zero-order valence-electron chi connectivity index (χ0n) is 13.0. The topological polar surface area (TPSA) is 50.7 Å². The Morgan fingerprint density at radius 2 is 2.00 bits per heavy atom. The molecule has 25 heavy (non-hydrogen) atoms. The highest BCUT2D eigenvalue weighted by molar-refractivity contribution is 8.18. The molecule has 0 atom stereocenters. The monoisotopic (exact) mass is 368 g/mol. The van der Waals surface area contributed by atoms with Gasteiger partial charge in [0.1, 0.15) is 12.4 Å². The second kappa shape index (κ2) is 7.93. The number of carbonyl (C=O) groups is 1. The van der Waals surface area contributed by atoms with Gasteiger partial charge in [0.05, 0.1) is 10.6 Å². The summed E-state index contributed by atoms with van der Waals surface area (Å²) in [5.74, 6) is 2.85. The molecule has 0 bridgehead atoms. The summed E-state index contributed by atoms with van der Waals surface area (Å²) in [5, 5.41) is 3.90. The summed E-state index contributed by atoms with van der Waals surface area (Å²) in [5.41, 5.74) is 1.49. The third-order valence-electron chi connectivity index (χ3n) is 3.22. The van der Waals surface area contributed by atoms with Gasteiger partial charge in [-0.05, 0) is 48.2 Å². The minimum atomic E-state index is -0.204. The lowest BCUT2D eigenvalue weighted by molar-refractivity contribution is -0.115. The lowest BCUT2D eigenvalue weighted by Crippen LogP contribution is -2.19. The molecule has 1 saturated heterocycles.